The van der Waals surface area contributed by atoms with Crippen molar-refractivity contribution >= 4 is 6.09 Å². The fourth-order valence-corrected chi connectivity index (χ4v) is 3.41. The van der Waals surface area contributed by atoms with Crippen LogP contribution in [0.3, 0.4) is 0 Å². The molecular formula is C17H32N2O2. The molecule has 21 heavy (non-hydrogen) atoms. The molecule has 0 aromatic carbocycles. The van der Waals surface area contributed by atoms with Crippen LogP contribution in [-0.2, 0) is 4.74 Å². The molecule has 0 spiro atoms. The minimum Gasteiger partial charge on any atom is -0.444 e. The van der Waals surface area contributed by atoms with Crippen LogP contribution in [0.4, 0.5) is 4.79 Å². The van der Waals surface area contributed by atoms with Crippen molar-refractivity contribution in [1.82, 2.24) is 10.2 Å². The maximum absolute atomic E-state index is 12.0. The molecule has 1 heterocycles. The van der Waals surface area contributed by atoms with Crippen molar-refractivity contribution < 1.29 is 9.53 Å². The molecule has 1 N–H and O–H groups in total. The van der Waals surface area contributed by atoms with Gasteiger partial charge in [-0.2, -0.15) is 0 Å². The van der Waals surface area contributed by atoms with Gasteiger partial charge in [-0.05, 0) is 64.8 Å². The Labute approximate surface area is 129 Å². The maximum atomic E-state index is 12.0. The van der Waals surface area contributed by atoms with E-state index in [1.54, 1.807) is 0 Å². The lowest BCUT2D eigenvalue weighted by atomic mass is 9.96. The summed E-state index contributed by atoms with van der Waals surface area (Å²) in [6, 6.07) is 0.717. The van der Waals surface area contributed by atoms with Crippen LogP contribution in [0.15, 0.2) is 0 Å². The zero-order valence-electron chi connectivity index (χ0n) is 14.2. The summed E-state index contributed by atoms with van der Waals surface area (Å²) < 4.78 is 5.44. The number of ether oxygens (including phenoxy) is 1. The molecule has 4 nitrogen and oxygen atoms in total. The van der Waals surface area contributed by atoms with Crippen molar-refractivity contribution in [3.63, 3.8) is 0 Å². The topological polar surface area (TPSA) is 41.6 Å². The number of hydrogen-bond donors (Lipinski definition) is 1. The molecule has 122 valence electrons. The van der Waals surface area contributed by atoms with Gasteiger partial charge in [0.25, 0.3) is 0 Å². The predicted octanol–water partition coefficient (Wildman–Crippen LogP) is 3.41. The highest BCUT2D eigenvalue weighted by Crippen LogP contribution is 2.26. The lowest BCUT2D eigenvalue weighted by Crippen LogP contribution is -2.44. The number of likely N-dealkylation sites (tertiary alicyclic amines) is 1. The highest BCUT2D eigenvalue weighted by atomic mass is 16.6. The average molecular weight is 296 g/mol. The van der Waals surface area contributed by atoms with Gasteiger partial charge in [0.2, 0.25) is 0 Å². The number of rotatable bonds is 3. The first-order valence-corrected chi connectivity index (χ1v) is 8.56. The van der Waals surface area contributed by atoms with Gasteiger partial charge in [-0.1, -0.05) is 13.3 Å². The molecule has 1 saturated carbocycles. The molecular weight excluding hydrogens is 264 g/mol. The van der Waals surface area contributed by atoms with Crippen LogP contribution in [-0.4, -0.2) is 42.3 Å². The second kappa shape index (κ2) is 6.99. The van der Waals surface area contributed by atoms with Crippen molar-refractivity contribution in [2.45, 2.75) is 71.4 Å². The first kappa shape index (κ1) is 16.6. The molecule has 2 rings (SSSR count). The minimum absolute atomic E-state index is 0.154. The van der Waals surface area contributed by atoms with Gasteiger partial charge in [0.1, 0.15) is 5.60 Å². The van der Waals surface area contributed by atoms with Gasteiger partial charge in [-0.3, -0.25) is 0 Å². The normalized spacial score (nSPS) is 27.9. The largest absolute Gasteiger partial charge is 0.444 e. The number of hydrogen-bond acceptors (Lipinski definition) is 3. The highest BCUT2D eigenvalue weighted by Gasteiger charge is 2.28. The van der Waals surface area contributed by atoms with Gasteiger partial charge in [0.05, 0.1) is 0 Å². The van der Waals surface area contributed by atoms with E-state index < -0.39 is 5.60 Å². The van der Waals surface area contributed by atoms with Crippen molar-refractivity contribution in [1.29, 1.82) is 0 Å². The third-order valence-electron chi connectivity index (χ3n) is 4.80. The Kier molecular flexibility index (Phi) is 5.53. The van der Waals surface area contributed by atoms with E-state index >= 15 is 0 Å². The summed E-state index contributed by atoms with van der Waals surface area (Å²) in [6.45, 7) is 10.9. The fourth-order valence-electron chi connectivity index (χ4n) is 3.41. The summed E-state index contributed by atoms with van der Waals surface area (Å²) in [5.41, 5.74) is -0.395. The molecule has 1 amide bonds. The SMILES string of the molecule is CC1CCCC1NCC1CCN(C(=O)OC(C)(C)C)CC1. The molecule has 1 aliphatic heterocycles. The molecule has 0 aromatic rings. The molecule has 0 aromatic heterocycles. The van der Waals surface area contributed by atoms with E-state index in [9.17, 15) is 4.79 Å². The third kappa shape index (κ3) is 5.17. The van der Waals surface area contributed by atoms with Gasteiger partial charge in [-0.25, -0.2) is 4.79 Å². The van der Waals surface area contributed by atoms with Crippen molar-refractivity contribution in [3.05, 3.63) is 0 Å². The number of carbonyl (C=O) groups is 1. The van der Waals surface area contributed by atoms with Gasteiger partial charge in [0, 0.05) is 19.1 Å². The van der Waals surface area contributed by atoms with E-state index in [4.69, 9.17) is 4.74 Å². The monoisotopic (exact) mass is 296 g/mol. The maximum Gasteiger partial charge on any atom is 0.410 e. The number of nitrogens with one attached hydrogen (secondary N) is 1. The van der Waals surface area contributed by atoms with Crippen LogP contribution in [0.2, 0.25) is 0 Å². The third-order valence-corrected chi connectivity index (χ3v) is 4.80. The van der Waals surface area contributed by atoms with E-state index in [-0.39, 0.29) is 6.09 Å². The molecule has 2 atom stereocenters. The standard InChI is InChI=1S/C17H32N2O2/c1-13-6-5-7-15(13)18-12-14-8-10-19(11-9-14)16(20)21-17(2,3)4/h13-15,18H,5-12H2,1-4H3. The van der Waals surface area contributed by atoms with Crippen LogP contribution < -0.4 is 5.32 Å². The summed E-state index contributed by atoms with van der Waals surface area (Å²) >= 11 is 0. The Hall–Kier alpha value is -0.770. The van der Waals surface area contributed by atoms with Crippen LogP contribution in [0.1, 0.15) is 59.8 Å². The van der Waals surface area contributed by atoms with Gasteiger partial charge < -0.3 is 15.0 Å². The summed E-state index contributed by atoms with van der Waals surface area (Å²) in [7, 11) is 0. The molecule has 2 fully saturated rings. The number of piperidine rings is 1. The molecule has 4 heteroatoms. The fraction of sp³-hybridized carbons (Fsp3) is 0.941. The van der Waals surface area contributed by atoms with E-state index in [0.717, 1.165) is 38.4 Å². The molecule has 0 bridgehead atoms. The second-order valence-electron chi connectivity index (χ2n) is 7.83. The van der Waals surface area contributed by atoms with E-state index in [2.05, 4.69) is 12.2 Å². The Morgan fingerprint density at radius 1 is 1.19 bits per heavy atom. The molecule has 1 saturated heterocycles. The van der Waals surface area contributed by atoms with Crippen molar-refractivity contribution in [2.24, 2.45) is 11.8 Å². The Balaban J connectivity index is 1.67. The average Bonchev–Trinajstić information content (AvgIpc) is 2.80. The molecule has 2 aliphatic rings. The Morgan fingerprint density at radius 2 is 1.86 bits per heavy atom. The van der Waals surface area contributed by atoms with Crippen LogP contribution in [0.25, 0.3) is 0 Å². The number of carbonyl (C=O) groups excluding carboxylic acids is 1. The number of amides is 1. The molecule has 0 radical (unpaired) electrons. The lowest BCUT2D eigenvalue weighted by Gasteiger charge is -2.34. The van der Waals surface area contributed by atoms with Gasteiger partial charge in [-0.15, -0.1) is 0 Å². The lowest BCUT2D eigenvalue weighted by molar-refractivity contribution is 0.0183. The summed E-state index contributed by atoms with van der Waals surface area (Å²) in [5.74, 6) is 1.53. The van der Waals surface area contributed by atoms with E-state index in [1.807, 2.05) is 25.7 Å². The molecule has 1 aliphatic carbocycles. The highest BCUT2D eigenvalue weighted by molar-refractivity contribution is 5.68. The Morgan fingerprint density at radius 3 is 2.38 bits per heavy atom. The van der Waals surface area contributed by atoms with Crippen molar-refractivity contribution in [2.75, 3.05) is 19.6 Å². The van der Waals surface area contributed by atoms with E-state index in [0.29, 0.717) is 12.0 Å². The first-order chi connectivity index (χ1) is 9.85. The number of nitrogens with zero attached hydrogens (tertiary/aromatic N) is 1. The van der Waals surface area contributed by atoms with Crippen LogP contribution in [0.5, 0.6) is 0 Å². The first-order valence-electron chi connectivity index (χ1n) is 8.56. The summed E-state index contributed by atoms with van der Waals surface area (Å²) in [5, 5.41) is 3.75. The molecule has 2 unspecified atom stereocenters. The summed E-state index contributed by atoms with van der Waals surface area (Å²) in [4.78, 5) is 13.9. The predicted molar refractivity (Wildman–Crippen MR) is 85.3 cm³/mol. The van der Waals surface area contributed by atoms with Crippen LogP contribution in [0, 0.1) is 11.8 Å². The zero-order valence-corrected chi connectivity index (χ0v) is 14.2. The van der Waals surface area contributed by atoms with Crippen LogP contribution >= 0.6 is 0 Å². The smallest absolute Gasteiger partial charge is 0.410 e. The van der Waals surface area contributed by atoms with E-state index in [1.165, 1.54) is 19.3 Å². The summed E-state index contributed by atoms with van der Waals surface area (Å²) in [6.07, 6.45) is 6.10. The van der Waals surface area contributed by atoms with Crippen molar-refractivity contribution in [3.8, 4) is 0 Å². The zero-order chi connectivity index (χ0) is 15.5. The van der Waals surface area contributed by atoms with Gasteiger partial charge >= 0.3 is 6.09 Å². The second-order valence-corrected chi connectivity index (χ2v) is 7.83. The Bertz CT molecular complexity index is 343. The van der Waals surface area contributed by atoms with Gasteiger partial charge in [0.15, 0.2) is 0 Å². The minimum atomic E-state index is -0.395. The quantitative estimate of drug-likeness (QED) is 0.867.